The van der Waals surface area contributed by atoms with Crippen molar-refractivity contribution in [2.45, 2.75) is 51.7 Å². The molecule has 0 radical (unpaired) electrons. The van der Waals surface area contributed by atoms with Crippen LogP contribution in [0.5, 0.6) is 5.75 Å². The molecule has 1 saturated carbocycles. The predicted octanol–water partition coefficient (Wildman–Crippen LogP) is 3.73. The number of amides is 1. The van der Waals surface area contributed by atoms with E-state index < -0.39 is 0 Å². The van der Waals surface area contributed by atoms with E-state index in [0.717, 1.165) is 38.4 Å². The largest absolute Gasteiger partial charge is 0.490 e. The molecule has 1 N–H and O–H groups in total. The average Bonchev–Trinajstić information content (AvgIpc) is 3.38. The molecule has 1 amide bonds. The summed E-state index contributed by atoms with van der Waals surface area (Å²) >= 11 is 6.10. The molecule has 0 aromatic heterocycles. The van der Waals surface area contributed by atoms with E-state index in [9.17, 15) is 4.79 Å². The van der Waals surface area contributed by atoms with Crippen LogP contribution in [0.3, 0.4) is 0 Å². The van der Waals surface area contributed by atoms with Crippen LogP contribution in [0.1, 0.15) is 49.9 Å². The molecule has 1 saturated heterocycles. The van der Waals surface area contributed by atoms with Crippen LogP contribution in [0.2, 0.25) is 5.02 Å². The van der Waals surface area contributed by atoms with Crippen molar-refractivity contribution >= 4 is 17.5 Å². The number of hydrogen-bond acceptors (Lipinski definition) is 3. The third-order valence-corrected chi connectivity index (χ3v) is 4.94. The minimum Gasteiger partial charge on any atom is -0.490 e. The second kappa shape index (κ2) is 7.75. The molecular formula is C19H27ClN2O2. The monoisotopic (exact) mass is 350 g/mol. The SMILES string of the molecule is CC(C)Oc1ccc(Cl)cc1C(=O)N1CCC(NCC2CC2)CC1. The zero-order chi connectivity index (χ0) is 17.1. The first kappa shape index (κ1) is 17.6. The van der Waals surface area contributed by atoms with Gasteiger partial charge in [-0.1, -0.05) is 11.6 Å². The van der Waals surface area contributed by atoms with E-state index in [0.29, 0.717) is 22.4 Å². The highest BCUT2D eigenvalue weighted by Gasteiger charge is 2.27. The number of nitrogens with zero attached hydrogens (tertiary/aromatic N) is 1. The first-order chi connectivity index (χ1) is 11.5. The van der Waals surface area contributed by atoms with Crippen LogP contribution in [0, 0.1) is 5.92 Å². The van der Waals surface area contributed by atoms with Gasteiger partial charge in [-0.15, -0.1) is 0 Å². The van der Waals surface area contributed by atoms with Crippen LogP contribution in [0.15, 0.2) is 18.2 Å². The maximum atomic E-state index is 12.9. The predicted molar refractivity (Wildman–Crippen MR) is 96.9 cm³/mol. The van der Waals surface area contributed by atoms with E-state index in [4.69, 9.17) is 16.3 Å². The lowest BCUT2D eigenvalue weighted by Gasteiger charge is -2.33. The van der Waals surface area contributed by atoms with Gasteiger partial charge in [-0.3, -0.25) is 4.79 Å². The number of piperidine rings is 1. The summed E-state index contributed by atoms with van der Waals surface area (Å²) in [6.07, 6.45) is 4.80. The maximum Gasteiger partial charge on any atom is 0.257 e. The average molecular weight is 351 g/mol. The normalized spacial score (nSPS) is 18.9. The van der Waals surface area contributed by atoms with Gasteiger partial charge in [0.1, 0.15) is 5.75 Å². The Morgan fingerprint density at radius 3 is 2.62 bits per heavy atom. The second-order valence-corrected chi connectivity index (χ2v) is 7.66. The van der Waals surface area contributed by atoms with Gasteiger partial charge in [0.15, 0.2) is 0 Å². The fourth-order valence-corrected chi connectivity index (χ4v) is 3.31. The van der Waals surface area contributed by atoms with Gasteiger partial charge < -0.3 is 15.0 Å². The van der Waals surface area contributed by atoms with Crippen molar-refractivity contribution < 1.29 is 9.53 Å². The highest BCUT2D eigenvalue weighted by molar-refractivity contribution is 6.31. The summed E-state index contributed by atoms with van der Waals surface area (Å²) in [6, 6.07) is 5.82. The summed E-state index contributed by atoms with van der Waals surface area (Å²) in [5, 5.41) is 4.21. The van der Waals surface area contributed by atoms with Gasteiger partial charge in [-0.2, -0.15) is 0 Å². The van der Waals surface area contributed by atoms with Gasteiger partial charge >= 0.3 is 0 Å². The Morgan fingerprint density at radius 1 is 1.29 bits per heavy atom. The number of likely N-dealkylation sites (tertiary alicyclic amines) is 1. The van der Waals surface area contributed by atoms with Gasteiger partial charge in [-0.25, -0.2) is 0 Å². The number of rotatable bonds is 6. The van der Waals surface area contributed by atoms with Gasteiger partial charge in [0.2, 0.25) is 0 Å². The topological polar surface area (TPSA) is 41.6 Å². The van der Waals surface area contributed by atoms with Crippen LogP contribution in [-0.2, 0) is 0 Å². The van der Waals surface area contributed by atoms with Gasteiger partial charge in [-0.05, 0) is 70.2 Å². The summed E-state index contributed by atoms with van der Waals surface area (Å²) in [5.74, 6) is 1.54. The van der Waals surface area contributed by atoms with E-state index in [2.05, 4.69) is 5.32 Å². The molecule has 5 heteroatoms. The quantitative estimate of drug-likeness (QED) is 0.849. The molecule has 0 bridgehead atoms. The Bertz CT molecular complexity index is 579. The highest BCUT2D eigenvalue weighted by Crippen LogP contribution is 2.29. The van der Waals surface area contributed by atoms with E-state index >= 15 is 0 Å². The molecule has 1 heterocycles. The van der Waals surface area contributed by atoms with Crippen molar-refractivity contribution in [2.24, 2.45) is 5.92 Å². The number of carbonyl (C=O) groups is 1. The van der Waals surface area contributed by atoms with Crippen LogP contribution >= 0.6 is 11.6 Å². The minimum absolute atomic E-state index is 0.0220. The number of benzene rings is 1. The van der Waals surface area contributed by atoms with E-state index in [1.165, 1.54) is 12.8 Å². The zero-order valence-corrected chi connectivity index (χ0v) is 15.3. The number of nitrogens with one attached hydrogen (secondary N) is 1. The molecule has 1 aliphatic heterocycles. The Hall–Kier alpha value is -1.26. The molecule has 3 rings (SSSR count). The summed E-state index contributed by atoms with van der Waals surface area (Å²) in [4.78, 5) is 14.8. The van der Waals surface area contributed by atoms with Crippen molar-refractivity contribution in [3.63, 3.8) is 0 Å². The van der Waals surface area contributed by atoms with E-state index in [-0.39, 0.29) is 12.0 Å². The van der Waals surface area contributed by atoms with Gasteiger partial charge in [0, 0.05) is 24.2 Å². The number of ether oxygens (including phenoxy) is 1. The van der Waals surface area contributed by atoms with Crippen molar-refractivity contribution in [3.8, 4) is 5.75 Å². The fourth-order valence-electron chi connectivity index (χ4n) is 3.14. The number of halogens is 1. The van der Waals surface area contributed by atoms with Crippen molar-refractivity contribution in [1.82, 2.24) is 10.2 Å². The lowest BCUT2D eigenvalue weighted by Crippen LogP contribution is -2.45. The third-order valence-electron chi connectivity index (χ3n) is 4.71. The van der Waals surface area contributed by atoms with E-state index in [1.54, 1.807) is 18.2 Å². The minimum atomic E-state index is 0.0220. The molecule has 0 spiro atoms. The molecule has 0 unspecified atom stereocenters. The Balaban J connectivity index is 1.60. The molecule has 2 aliphatic rings. The smallest absolute Gasteiger partial charge is 0.257 e. The van der Waals surface area contributed by atoms with Crippen LogP contribution in [0.4, 0.5) is 0 Å². The molecule has 2 fully saturated rings. The summed E-state index contributed by atoms with van der Waals surface area (Å²) in [6.45, 7) is 6.63. The van der Waals surface area contributed by atoms with Crippen LogP contribution < -0.4 is 10.1 Å². The molecule has 0 atom stereocenters. The van der Waals surface area contributed by atoms with Crippen molar-refractivity contribution in [2.75, 3.05) is 19.6 Å². The Morgan fingerprint density at radius 2 is 2.00 bits per heavy atom. The molecule has 24 heavy (non-hydrogen) atoms. The molecule has 1 aromatic rings. The van der Waals surface area contributed by atoms with Crippen LogP contribution in [-0.4, -0.2) is 42.6 Å². The molecule has 132 valence electrons. The first-order valence-electron chi connectivity index (χ1n) is 9.02. The highest BCUT2D eigenvalue weighted by atomic mass is 35.5. The lowest BCUT2D eigenvalue weighted by atomic mass is 10.0. The molecule has 1 aromatic carbocycles. The second-order valence-electron chi connectivity index (χ2n) is 7.23. The molecule has 1 aliphatic carbocycles. The lowest BCUT2D eigenvalue weighted by molar-refractivity contribution is 0.0699. The number of hydrogen-bond donors (Lipinski definition) is 1. The maximum absolute atomic E-state index is 12.9. The summed E-state index contributed by atoms with van der Waals surface area (Å²) in [5.41, 5.74) is 0.570. The molecule has 4 nitrogen and oxygen atoms in total. The van der Waals surface area contributed by atoms with Crippen molar-refractivity contribution in [1.29, 1.82) is 0 Å². The number of carbonyl (C=O) groups excluding carboxylic acids is 1. The summed E-state index contributed by atoms with van der Waals surface area (Å²) in [7, 11) is 0. The fraction of sp³-hybridized carbons (Fsp3) is 0.632. The first-order valence-corrected chi connectivity index (χ1v) is 9.39. The van der Waals surface area contributed by atoms with Crippen LogP contribution in [0.25, 0.3) is 0 Å². The summed E-state index contributed by atoms with van der Waals surface area (Å²) < 4.78 is 5.79. The zero-order valence-electron chi connectivity index (χ0n) is 14.6. The van der Waals surface area contributed by atoms with Gasteiger partial charge in [0.05, 0.1) is 11.7 Å². The molecular weight excluding hydrogens is 324 g/mol. The van der Waals surface area contributed by atoms with E-state index in [1.807, 2.05) is 18.7 Å². The van der Waals surface area contributed by atoms with Crippen molar-refractivity contribution in [3.05, 3.63) is 28.8 Å². The third kappa shape index (κ3) is 4.64. The Labute approximate surface area is 149 Å². The van der Waals surface area contributed by atoms with Gasteiger partial charge in [0.25, 0.3) is 5.91 Å². The standard InChI is InChI=1S/C19H27ClN2O2/c1-13(2)24-18-6-5-15(20)11-17(18)19(23)22-9-7-16(8-10-22)21-12-14-3-4-14/h5-6,11,13-14,16,21H,3-4,7-10,12H2,1-2H3. The Kier molecular flexibility index (Phi) is 5.67.